The highest BCUT2D eigenvalue weighted by Crippen LogP contribution is 2.44. The van der Waals surface area contributed by atoms with Crippen molar-refractivity contribution in [1.29, 1.82) is 0 Å². The van der Waals surface area contributed by atoms with E-state index < -0.39 is 35.6 Å². The largest absolute Gasteiger partial charge is 0.573 e. The van der Waals surface area contributed by atoms with Crippen LogP contribution in [0.5, 0.6) is 5.75 Å². The molecule has 6 nitrogen and oxygen atoms in total. The van der Waals surface area contributed by atoms with Gasteiger partial charge in [0.25, 0.3) is 11.7 Å². The summed E-state index contributed by atoms with van der Waals surface area (Å²) >= 11 is 0. The van der Waals surface area contributed by atoms with Crippen LogP contribution in [0, 0.1) is 13.8 Å². The van der Waals surface area contributed by atoms with Crippen LogP contribution in [0.25, 0.3) is 5.76 Å². The summed E-state index contributed by atoms with van der Waals surface area (Å²) < 4.78 is 48.2. The summed E-state index contributed by atoms with van der Waals surface area (Å²) in [4.78, 5) is 27.6. The van der Waals surface area contributed by atoms with Gasteiger partial charge in [0.1, 0.15) is 29.1 Å². The molecule has 1 aliphatic heterocycles. The number of aliphatic hydroxyl groups excluding tert-OH is 1. The first-order chi connectivity index (χ1) is 17.2. The molecule has 1 atom stereocenters. The van der Waals surface area contributed by atoms with E-state index in [2.05, 4.69) is 4.74 Å². The maximum absolute atomic E-state index is 13.3. The highest BCUT2D eigenvalue weighted by molar-refractivity contribution is 6.51. The van der Waals surface area contributed by atoms with E-state index in [0.29, 0.717) is 16.9 Å². The molecule has 4 rings (SSSR count). The summed E-state index contributed by atoms with van der Waals surface area (Å²) in [6.45, 7) is 9.44. The summed E-state index contributed by atoms with van der Waals surface area (Å²) in [5.41, 5.74) is 1.43. The summed E-state index contributed by atoms with van der Waals surface area (Å²) in [5, 5.41) is 11.5. The zero-order chi connectivity index (χ0) is 27.3. The molecule has 3 aromatic rings. The highest BCUT2D eigenvalue weighted by atomic mass is 19.4. The number of aryl methyl sites for hydroxylation is 2. The van der Waals surface area contributed by atoms with Crippen molar-refractivity contribution in [2.75, 3.05) is 4.90 Å². The van der Waals surface area contributed by atoms with Crippen LogP contribution in [-0.4, -0.2) is 23.2 Å². The number of nitrogens with zero attached hydrogens (tertiary/aromatic N) is 1. The molecule has 1 amide bonds. The number of ether oxygens (including phenoxy) is 1. The number of hydrogen-bond donors (Lipinski definition) is 1. The SMILES string of the molecule is Cc1ccc(C2/C(=C(\O)c3cc(C(C)(C)C)ccc3C)C(=O)C(=O)N2c2cccc(OC(F)(F)F)c2)o1. The number of rotatable bonds is 4. The monoisotopic (exact) mass is 513 g/mol. The lowest BCUT2D eigenvalue weighted by atomic mass is 9.84. The van der Waals surface area contributed by atoms with Gasteiger partial charge in [-0.05, 0) is 60.7 Å². The van der Waals surface area contributed by atoms with Crippen LogP contribution in [0.3, 0.4) is 0 Å². The molecule has 1 aliphatic rings. The van der Waals surface area contributed by atoms with Crippen molar-refractivity contribution in [3.05, 3.63) is 88.4 Å². The summed E-state index contributed by atoms with van der Waals surface area (Å²) in [6.07, 6.45) is -4.94. The molecule has 1 N–H and O–H groups in total. The molecule has 0 spiro atoms. The van der Waals surface area contributed by atoms with E-state index in [4.69, 9.17) is 4.42 Å². The topological polar surface area (TPSA) is 80.0 Å². The molecule has 0 bridgehead atoms. The van der Waals surface area contributed by atoms with Crippen LogP contribution in [0.15, 0.2) is 64.6 Å². The Hall–Kier alpha value is -4.01. The van der Waals surface area contributed by atoms with Gasteiger partial charge in [0, 0.05) is 17.3 Å². The Kier molecular flexibility index (Phi) is 6.44. The van der Waals surface area contributed by atoms with Gasteiger partial charge in [-0.15, -0.1) is 13.2 Å². The minimum Gasteiger partial charge on any atom is -0.507 e. The normalized spacial score (nSPS) is 17.9. The van der Waals surface area contributed by atoms with Gasteiger partial charge in [0.15, 0.2) is 0 Å². The fraction of sp³-hybridized carbons (Fsp3) is 0.286. The van der Waals surface area contributed by atoms with Gasteiger partial charge in [-0.25, -0.2) is 0 Å². The Morgan fingerprint density at radius 2 is 1.70 bits per heavy atom. The van der Waals surface area contributed by atoms with E-state index >= 15 is 0 Å². The van der Waals surface area contributed by atoms with E-state index in [-0.39, 0.29) is 22.4 Å². The molecular formula is C28H26F3NO5. The predicted molar refractivity (Wildman–Crippen MR) is 131 cm³/mol. The fourth-order valence-electron chi connectivity index (χ4n) is 4.29. The molecular weight excluding hydrogens is 487 g/mol. The first kappa shape index (κ1) is 26.1. The number of carbonyl (C=O) groups is 2. The number of ketones is 1. The van der Waals surface area contributed by atoms with Crippen LogP contribution in [0.1, 0.15) is 55.0 Å². The van der Waals surface area contributed by atoms with E-state index in [1.165, 1.54) is 12.1 Å². The van der Waals surface area contributed by atoms with Crippen LogP contribution >= 0.6 is 0 Å². The Morgan fingerprint density at radius 1 is 1.00 bits per heavy atom. The average Bonchev–Trinajstić information content (AvgIpc) is 3.32. The molecule has 1 saturated heterocycles. The van der Waals surface area contributed by atoms with E-state index in [9.17, 15) is 27.9 Å². The first-order valence-electron chi connectivity index (χ1n) is 11.5. The third-order valence-electron chi connectivity index (χ3n) is 6.16. The Balaban J connectivity index is 1.93. The average molecular weight is 514 g/mol. The van der Waals surface area contributed by atoms with Crippen LogP contribution < -0.4 is 9.64 Å². The molecule has 1 unspecified atom stereocenters. The Labute approximate surface area is 212 Å². The third-order valence-corrected chi connectivity index (χ3v) is 6.16. The van der Waals surface area contributed by atoms with Gasteiger partial charge < -0.3 is 14.3 Å². The van der Waals surface area contributed by atoms with Gasteiger partial charge in [-0.1, -0.05) is 39.0 Å². The van der Waals surface area contributed by atoms with Crippen molar-refractivity contribution in [1.82, 2.24) is 0 Å². The van der Waals surface area contributed by atoms with Crippen LogP contribution in [0.2, 0.25) is 0 Å². The number of amides is 1. The summed E-state index contributed by atoms with van der Waals surface area (Å²) in [5.74, 6) is -2.31. The number of halogens is 3. The molecule has 37 heavy (non-hydrogen) atoms. The molecule has 1 fully saturated rings. The minimum absolute atomic E-state index is 0.0258. The number of carbonyl (C=O) groups excluding carboxylic acids is 2. The summed E-state index contributed by atoms with van der Waals surface area (Å²) in [7, 11) is 0. The maximum atomic E-state index is 13.3. The highest BCUT2D eigenvalue weighted by Gasteiger charge is 2.48. The zero-order valence-corrected chi connectivity index (χ0v) is 20.9. The van der Waals surface area contributed by atoms with Gasteiger partial charge in [-0.3, -0.25) is 14.5 Å². The van der Waals surface area contributed by atoms with Crippen molar-refractivity contribution < 1.29 is 37.0 Å². The molecule has 1 aromatic heterocycles. The number of alkyl halides is 3. The molecule has 0 radical (unpaired) electrons. The van der Waals surface area contributed by atoms with Gasteiger partial charge in [0.2, 0.25) is 0 Å². The van der Waals surface area contributed by atoms with E-state index in [1.807, 2.05) is 32.9 Å². The molecule has 2 aromatic carbocycles. The quantitative estimate of drug-likeness (QED) is 0.238. The van der Waals surface area contributed by atoms with Gasteiger partial charge >= 0.3 is 6.36 Å². The Morgan fingerprint density at radius 3 is 2.30 bits per heavy atom. The lowest BCUT2D eigenvalue weighted by Gasteiger charge is -2.24. The van der Waals surface area contributed by atoms with Crippen LogP contribution in [0.4, 0.5) is 18.9 Å². The zero-order valence-electron chi connectivity index (χ0n) is 20.9. The number of benzene rings is 2. The second kappa shape index (κ2) is 9.14. The molecule has 2 heterocycles. The fourth-order valence-corrected chi connectivity index (χ4v) is 4.29. The lowest BCUT2D eigenvalue weighted by molar-refractivity contribution is -0.274. The maximum Gasteiger partial charge on any atom is 0.573 e. The van der Waals surface area contributed by atoms with E-state index in [0.717, 1.165) is 22.6 Å². The molecule has 194 valence electrons. The molecule has 0 aliphatic carbocycles. The Bertz CT molecular complexity index is 1410. The first-order valence-corrected chi connectivity index (χ1v) is 11.5. The lowest BCUT2D eigenvalue weighted by Crippen LogP contribution is -2.29. The number of anilines is 1. The van der Waals surface area contributed by atoms with Crippen molar-refractivity contribution in [2.24, 2.45) is 0 Å². The molecule has 9 heteroatoms. The van der Waals surface area contributed by atoms with E-state index in [1.54, 1.807) is 32.0 Å². The number of aliphatic hydroxyl groups is 1. The predicted octanol–water partition coefficient (Wildman–Crippen LogP) is 6.72. The van der Waals surface area contributed by atoms with Gasteiger partial charge in [-0.2, -0.15) is 0 Å². The second-order valence-corrected chi connectivity index (χ2v) is 9.94. The van der Waals surface area contributed by atoms with Gasteiger partial charge in [0.05, 0.1) is 5.57 Å². The number of Topliss-reactive ketones (excluding diaryl/α,β-unsaturated/α-hetero) is 1. The smallest absolute Gasteiger partial charge is 0.507 e. The summed E-state index contributed by atoms with van der Waals surface area (Å²) in [6, 6.07) is 12.2. The minimum atomic E-state index is -4.94. The third kappa shape index (κ3) is 5.12. The van der Waals surface area contributed by atoms with Crippen molar-refractivity contribution in [3.63, 3.8) is 0 Å². The molecule has 0 saturated carbocycles. The van der Waals surface area contributed by atoms with Crippen molar-refractivity contribution in [2.45, 2.75) is 52.4 Å². The van der Waals surface area contributed by atoms with Crippen LogP contribution in [-0.2, 0) is 15.0 Å². The van der Waals surface area contributed by atoms with Crippen molar-refractivity contribution in [3.8, 4) is 5.75 Å². The standard InChI is InChI=1S/C28H26F3NO5/c1-15-9-11-17(27(3,4)5)13-20(15)24(33)22-23(21-12-10-16(2)36-21)32(26(35)25(22)34)18-7-6-8-19(14-18)37-28(29,30)31/h6-14,23,33H,1-5H3/b24-22+. The number of hydrogen-bond acceptors (Lipinski definition) is 5. The second-order valence-electron chi connectivity index (χ2n) is 9.94. The number of furan rings is 1. The van der Waals surface area contributed by atoms with Crippen molar-refractivity contribution >= 4 is 23.1 Å².